The SMILES string of the molecule is C#CC1CC(=O)N(c2cc(Cl)nc(SC)n2)C1. The van der Waals surface area contributed by atoms with Crippen molar-refractivity contribution in [2.75, 3.05) is 17.7 Å². The summed E-state index contributed by atoms with van der Waals surface area (Å²) in [6.07, 6.45) is 7.55. The van der Waals surface area contributed by atoms with Gasteiger partial charge < -0.3 is 0 Å². The van der Waals surface area contributed by atoms with Crippen molar-refractivity contribution in [2.45, 2.75) is 11.6 Å². The highest BCUT2D eigenvalue weighted by molar-refractivity contribution is 7.98. The van der Waals surface area contributed by atoms with Crippen LogP contribution in [0.25, 0.3) is 0 Å². The zero-order chi connectivity index (χ0) is 12.4. The van der Waals surface area contributed by atoms with Crippen molar-refractivity contribution >= 4 is 35.1 Å². The molecule has 1 saturated heterocycles. The largest absolute Gasteiger partial charge is 0.295 e. The number of thioether (sulfide) groups is 1. The van der Waals surface area contributed by atoms with E-state index < -0.39 is 0 Å². The van der Waals surface area contributed by atoms with Crippen LogP contribution in [0.15, 0.2) is 11.2 Å². The van der Waals surface area contributed by atoms with E-state index in [0.29, 0.717) is 29.1 Å². The van der Waals surface area contributed by atoms with Gasteiger partial charge in [-0.25, -0.2) is 9.97 Å². The minimum absolute atomic E-state index is 0.0187. The van der Waals surface area contributed by atoms with Gasteiger partial charge in [0, 0.05) is 24.9 Å². The molecule has 0 spiro atoms. The van der Waals surface area contributed by atoms with E-state index in [1.807, 2.05) is 6.26 Å². The Bertz CT molecular complexity index is 500. The van der Waals surface area contributed by atoms with E-state index in [-0.39, 0.29) is 11.8 Å². The van der Waals surface area contributed by atoms with Crippen molar-refractivity contribution < 1.29 is 4.79 Å². The maximum absolute atomic E-state index is 11.8. The Labute approximate surface area is 109 Å². The Morgan fingerprint density at radius 2 is 2.41 bits per heavy atom. The predicted molar refractivity (Wildman–Crippen MR) is 68.1 cm³/mol. The average Bonchev–Trinajstić information content (AvgIpc) is 2.69. The summed E-state index contributed by atoms with van der Waals surface area (Å²) in [7, 11) is 0. The number of nitrogens with zero attached hydrogens (tertiary/aromatic N) is 3. The van der Waals surface area contributed by atoms with Crippen molar-refractivity contribution in [1.82, 2.24) is 9.97 Å². The van der Waals surface area contributed by atoms with Crippen LogP contribution in [0.1, 0.15) is 6.42 Å². The van der Waals surface area contributed by atoms with Gasteiger partial charge in [0.1, 0.15) is 11.0 Å². The Morgan fingerprint density at radius 3 is 3.00 bits per heavy atom. The highest BCUT2D eigenvalue weighted by Crippen LogP contribution is 2.26. The third kappa shape index (κ3) is 2.54. The van der Waals surface area contributed by atoms with Crippen molar-refractivity contribution in [3.8, 4) is 12.3 Å². The summed E-state index contributed by atoms with van der Waals surface area (Å²) >= 11 is 7.26. The van der Waals surface area contributed by atoms with Crippen molar-refractivity contribution in [1.29, 1.82) is 0 Å². The van der Waals surface area contributed by atoms with Crippen LogP contribution in [0.4, 0.5) is 5.82 Å². The lowest BCUT2D eigenvalue weighted by molar-refractivity contribution is -0.117. The lowest BCUT2D eigenvalue weighted by Crippen LogP contribution is -2.25. The first kappa shape index (κ1) is 12.2. The van der Waals surface area contributed by atoms with Gasteiger partial charge in [0.25, 0.3) is 0 Å². The van der Waals surface area contributed by atoms with Crippen LogP contribution in [-0.2, 0) is 4.79 Å². The molecule has 0 saturated carbocycles. The molecule has 0 N–H and O–H groups in total. The molecule has 0 aromatic carbocycles. The van der Waals surface area contributed by atoms with E-state index in [9.17, 15) is 4.79 Å². The van der Waals surface area contributed by atoms with Crippen molar-refractivity contribution in [3.05, 3.63) is 11.2 Å². The second-order valence-electron chi connectivity index (χ2n) is 3.61. The molecule has 1 aliphatic rings. The minimum atomic E-state index is -0.0472. The van der Waals surface area contributed by atoms with Gasteiger partial charge >= 0.3 is 0 Å². The van der Waals surface area contributed by atoms with Crippen LogP contribution in [-0.4, -0.2) is 28.7 Å². The molecular weight excluding hydrogens is 258 g/mol. The molecule has 0 bridgehead atoms. The van der Waals surface area contributed by atoms with Crippen LogP contribution >= 0.6 is 23.4 Å². The highest BCUT2D eigenvalue weighted by Gasteiger charge is 2.30. The first-order valence-corrected chi connectivity index (χ1v) is 6.59. The van der Waals surface area contributed by atoms with Crippen LogP contribution in [0.3, 0.4) is 0 Å². The smallest absolute Gasteiger partial charge is 0.229 e. The summed E-state index contributed by atoms with van der Waals surface area (Å²) in [6, 6.07) is 1.58. The second kappa shape index (κ2) is 4.94. The fraction of sp³-hybridized carbons (Fsp3) is 0.364. The summed E-state index contributed by atoms with van der Waals surface area (Å²) < 4.78 is 0. The Hall–Kier alpha value is -1.25. The van der Waals surface area contributed by atoms with Gasteiger partial charge in [-0.15, -0.1) is 12.3 Å². The van der Waals surface area contributed by atoms with Crippen LogP contribution in [0.2, 0.25) is 5.15 Å². The van der Waals surface area contributed by atoms with Gasteiger partial charge in [0.05, 0.1) is 0 Å². The maximum atomic E-state index is 11.8. The molecule has 1 aromatic heterocycles. The first-order valence-electron chi connectivity index (χ1n) is 4.99. The predicted octanol–water partition coefficient (Wildman–Crippen LogP) is 1.84. The van der Waals surface area contributed by atoms with Gasteiger partial charge in [0.15, 0.2) is 5.16 Å². The Kier molecular flexibility index (Phi) is 3.55. The molecule has 1 aliphatic heterocycles. The monoisotopic (exact) mass is 267 g/mol. The van der Waals surface area contributed by atoms with E-state index in [1.165, 1.54) is 11.8 Å². The van der Waals surface area contributed by atoms with E-state index >= 15 is 0 Å². The molecule has 1 amide bonds. The molecule has 88 valence electrons. The van der Waals surface area contributed by atoms with Gasteiger partial charge in [-0.3, -0.25) is 9.69 Å². The van der Waals surface area contributed by atoms with E-state index in [4.69, 9.17) is 18.0 Å². The standard InChI is InChI=1S/C11H10ClN3OS/c1-3-7-4-10(16)15(6-7)9-5-8(12)13-11(14-9)17-2/h1,5,7H,4,6H2,2H3. The lowest BCUT2D eigenvalue weighted by atomic mass is 10.1. The Morgan fingerprint density at radius 1 is 1.65 bits per heavy atom. The van der Waals surface area contributed by atoms with Crippen LogP contribution < -0.4 is 4.90 Å². The molecule has 2 rings (SSSR count). The molecule has 1 fully saturated rings. The third-order valence-corrected chi connectivity index (χ3v) is 3.22. The normalized spacial score (nSPS) is 19.5. The number of halogens is 1. The summed E-state index contributed by atoms with van der Waals surface area (Å²) in [4.78, 5) is 21.6. The molecule has 1 unspecified atom stereocenters. The molecule has 17 heavy (non-hydrogen) atoms. The third-order valence-electron chi connectivity index (χ3n) is 2.48. The summed E-state index contributed by atoms with van der Waals surface area (Å²) in [5.41, 5.74) is 0. The fourth-order valence-corrected chi connectivity index (χ4v) is 2.26. The summed E-state index contributed by atoms with van der Waals surface area (Å²) in [5, 5.41) is 0.876. The summed E-state index contributed by atoms with van der Waals surface area (Å²) in [5.74, 6) is 3.05. The number of carbonyl (C=O) groups excluding carboxylic acids is 1. The number of terminal acetylenes is 1. The first-order chi connectivity index (χ1) is 8.13. The average molecular weight is 268 g/mol. The maximum Gasteiger partial charge on any atom is 0.229 e. The van der Waals surface area contributed by atoms with Crippen molar-refractivity contribution in [2.24, 2.45) is 5.92 Å². The quantitative estimate of drug-likeness (QED) is 0.355. The van der Waals surface area contributed by atoms with E-state index in [1.54, 1.807) is 11.0 Å². The number of anilines is 1. The van der Waals surface area contributed by atoms with Gasteiger partial charge in [0.2, 0.25) is 5.91 Å². The molecule has 4 nitrogen and oxygen atoms in total. The molecular formula is C11H10ClN3OS. The molecule has 0 radical (unpaired) electrons. The Balaban J connectivity index is 2.32. The van der Waals surface area contributed by atoms with Gasteiger partial charge in [-0.05, 0) is 6.26 Å². The zero-order valence-corrected chi connectivity index (χ0v) is 10.8. The lowest BCUT2D eigenvalue weighted by Gasteiger charge is -2.15. The number of amides is 1. The molecule has 6 heteroatoms. The number of aromatic nitrogens is 2. The van der Waals surface area contributed by atoms with Crippen LogP contribution in [0.5, 0.6) is 0 Å². The number of hydrogen-bond donors (Lipinski definition) is 0. The van der Waals surface area contributed by atoms with Gasteiger partial charge in [-0.1, -0.05) is 23.4 Å². The number of carbonyl (C=O) groups is 1. The van der Waals surface area contributed by atoms with E-state index in [2.05, 4.69) is 15.9 Å². The number of hydrogen-bond acceptors (Lipinski definition) is 4. The minimum Gasteiger partial charge on any atom is -0.295 e. The van der Waals surface area contributed by atoms with Gasteiger partial charge in [-0.2, -0.15) is 0 Å². The topological polar surface area (TPSA) is 46.1 Å². The molecule has 0 aliphatic carbocycles. The second-order valence-corrected chi connectivity index (χ2v) is 4.77. The molecule has 1 aromatic rings. The highest BCUT2D eigenvalue weighted by atomic mass is 35.5. The zero-order valence-electron chi connectivity index (χ0n) is 9.18. The molecule has 2 heterocycles. The summed E-state index contributed by atoms with van der Waals surface area (Å²) in [6.45, 7) is 0.497. The number of rotatable bonds is 2. The van der Waals surface area contributed by atoms with Crippen molar-refractivity contribution in [3.63, 3.8) is 0 Å². The van der Waals surface area contributed by atoms with Crippen LogP contribution in [0, 0.1) is 18.3 Å². The fourth-order valence-electron chi connectivity index (χ4n) is 1.66. The van der Waals surface area contributed by atoms with E-state index in [0.717, 1.165) is 0 Å². The molecule has 1 atom stereocenters.